The first-order valence-electron chi connectivity index (χ1n) is 27.0. The molecule has 7 N–H and O–H groups in total. The number of hydrogen-bond acceptors (Lipinski definition) is 9. The van der Waals surface area contributed by atoms with Gasteiger partial charge in [0.25, 0.3) is 0 Å². The van der Waals surface area contributed by atoms with Gasteiger partial charge in [-0.15, -0.1) is 0 Å². The van der Waals surface area contributed by atoms with Crippen molar-refractivity contribution >= 4 is 5.91 Å². The molecule has 8 unspecified atom stereocenters. The molecule has 1 saturated heterocycles. The zero-order valence-corrected chi connectivity index (χ0v) is 41.0. The summed E-state index contributed by atoms with van der Waals surface area (Å²) in [6.07, 6.45) is 41.6. The number of rotatable bonds is 46. The molecule has 1 aliphatic heterocycles. The number of unbranched alkanes of at least 4 members (excludes halogenated alkanes) is 35. The van der Waals surface area contributed by atoms with Gasteiger partial charge in [-0.3, -0.25) is 4.79 Å². The fraction of sp³-hybridized carbons (Fsp3) is 0.943. The number of hydrogen-bond donors (Lipinski definition) is 7. The molecule has 0 bridgehead atoms. The minimum absolute atomic E-state index is 0.301. The maximum atomic E-state index is 13.1. The quantitative estimate of drug-likeness (QED) is 0.0232. The normalized spacial score (nSPS) is 20.7. The van der Waals surface area contributed by atoms with Crippen molar-refractivity contribution in [3.8, 4) is 0 Å². The van der Waals surface area contributed by atoms with E-state index >= 15 is 0 Å². The second-order valence-electron chi connectivity index (χ2n) is 19.2. The Labute approximate surface area is 387 Å². The van der Waals surface area contributed by atoms with Crippen molar-refractivity contribution in [1.82, 2.24) is 5.32 Å². The van der Waals surface area contributed by atoms with Crippen molar-refractivity contribution < 1.29 is 44.9 Å². The van der Waals surface area contributed by atoms with Crippen LogP contribution in [-0.4, -0.2) is 98.7 Å². The highest BCUT2D eigenvalue weighted by molar-refractivity contribution is 5.80. The van der Waals surface area contributed by atoms with E-state index in [0.717, 1.165) is 44.9 Å². The van der Waals surface area contributed by atoms with Gasteiger partial charge in [0.1, 0.15) is 30.5 Å². The SMILES string of the molecule is CCCCCCCCCCCCCCCC/C=C/C(O)C(COC1OC(CO)C(O)C(O)C1O)NC(=O)C(O)CCCCCCCCCCCCCCCCCCCCCCCC. The van der Waals surface area contributed by atoms with Gasteiger partial charge in [-0.05, 0) is 19.3 Å². The average molecular weight is 898 g/mol. The Hall–Kier alpha value is -1.11. The second-order valence-corrected chi connectivity index (χ2v) is 19.2. The lowest BCUT2D eigenvalue weighted by Gasteiger charge is -2.40. The highest BCUT2D eigenvalue weighted by atomic mass is 16.7. The molecule has 1 amide bonds. The Bertz CT molecular complexity index is 1010. The van der Waals surface area contributed by atoms with Crippen molar-refractivity contribution in [2.24, 2.45) is 0 Å². The smallest absolute Gasteiger partial charge is 0.249 e. The zero-order valence-electron chi connectivity index (χ0n) is 41.0. The largest absolute Gasteiger partial charge is 0.394 e. The van der Waals surface area contributed by atoms with E-state index in [1.165, 1.54) is 193 Å². The Morgan fingerprint density at radius 1 is 0.540 bits per heavy atom. The number of aliphatic hydroxyl groups excluding tert-OH is 6. The van der Waals surface area contributed by atoms with Gasteiger partial charge in [0.15, 0.2) is 6.29 Å². The molecule has 0 aromatic rings. The first-order valence-corrected chi connectivity index (χ1v) is 27.0. The molecule has 374 valence electrons. The van der Waals surface area contributed by atoms with E-state index in [1.807, 2.05) is 6.08 Å². The van der Waals surface area contributed by atoms with Crippen LogP contribution in [0.4, 0.5) is 0 Å². The summed E-state index contributed by atoms with van der Waals surface area (Å²) in [5.74, 6) is -0.611. The maximum absolute atomic E-state index is 13.1. The molecule has 1 aliphatic rings. The van der Waals surface area contributed by atoms with Crippen LogP contribution in [0.2, 0.25) is 0 Å². The third-order valence-electron chi connectivity index (χ3n) is 13.2. The summed E-state index contributed by atoms with van der Waals surface area (Å²) in [7, 11) is 0. The second kappa shape index (κ2) is 43.5. The molecule has 0 saturated carbocycles. The Morgan fingerprint density at radius 3 is 1.29 bits per heavy atom. The number of nitrogens with one attached hydrogen (secondary N) is 1. The van der Waals surface area contributed by atoms with Crippen LogP contribution in [0.1, 0.15) is 258 Å². The van der Waals surface area contributed by atoms with Crippen molar-refractivity contribution in [2.75, 3.05) is 13.2 Å². The monoisotopic (exact) mass is 898 g/mol. The van der Waals surface area contributed by atoms with Crippen molar-refractivity contribution in [3.63, 3.8) is 0 Å². The Balaban J connectivity index is 2.29. The predicted octanol–water partition coefficient (Wildman–Crippen LogP) is 11.4. The molecule has 8 atom stereocenters. The molecule has 0 aromatic carbocycles. The lowest BCUT2D eigenvalue weighted by atomic mass is 9.99. The first kappa shape index (κ1) is 59.9. The third kappa shape index (κ3) is 33.1. The number of carbonyl (C=O) groups is 1. The molecule has 0 radical (unpaired) electrons. The lowest BCUT2D eigenvalue weighted by molar-refractivity contribution is -0.302. The van der Waals surface area contributed by atoms with Gasteiger partial charge in [-0.2, -0.15) is 0 Å². The molecule has 1 fully saturated rings. The van der Waals surface area contributed by atoms with Crippen LogP contribution in [0.15, 0.2) is 12.2 Å². The van der Waals surface area contributed by atoms with E-state index < -0.39 is 61.5 Å². The van der Waals surface area contributed by atoms with Crippen LogP contribution in [0, 0.1) is 0 Å². The molecule has 10 nitrogen and oxygen atoms in total. The molecule has 10 heteroatoms. The summed E-state index contributed by atoms with van der Waals surface area (Å²) in [6.45, 7) is 3.64. The van der Waals surface area contributed by atoms with Gasteiger partial charge < -0.3 is 45.4 Å². The summed E-state index contributed by atoms with van der Waals surface area (Å²) in [5, 5.41) is 64.9. The molecule has 0 spiro atoms. The minimum atomic E-state index is -1.61. The number of allylic oxidation sites excluding steroid dienone is 1. The van der Waals surface area contributed by atoms with E-state index in [9.17, 15) is 35.4 Å². The highest BCUT2D eigenvalue weighted by Gasteiger charge is 2.44. The van der Waals surface area contributed by atoms with Crippen LogP contribution in [0.25, 0.3) is 0 Å². The molecule has 1 rings (SSSR count). The molecule has 63 heavy (non-hydrogen) atoms. The number of aliphatic hydroxyl groups is 6. The van der Waals surface area contributed by atoms with Crippen LogP contribution in [-0.2, 0) is 14.3 Å². The summed E-state index contributed by atoms with van der Waals surface area (Å²) in [5.41, 5.74) is 0. The van der Waals surface area contributed by atoms with Crippen molar-refractivity contribution in [1.29, 1.82) is 0 Å². The lowest BCUT2D eigenvalue weighted by Crippen LogP contribution is -2.60. The topological polar surface area (TPSA) is 169 Å². The summed E-state index contributed by atoms with van der Waals surface area (Å²) in [4.78, 5) is 13.1. The number of carbonyl (C=O) groups excluding carboxylic acids is 1. The van der Waals surface area contributed by atoms with E-state index in [4.69, 9.17) is 9.47 Å². The van der Waals surface area contributed by atoms with E-state index in [2.05, 4.69) is 19.2 Å². The maximum Gasteiger partial charge on any atom is 0.249 e. The molecule has 1 heterocycles. The van der Waals surface area contributed by atoms with E-state index in [-0.39, 0.29) is 6.61 Å². The summed E-state index contributed by atoms with van der Waals surface area (Å²) in [6, 6.07) is -0.975. The molecule has 0 aromatic heterocycles. The predicted molar refractivity (Wildman–Crippen MR) is 260 cm³/mol. The van der Waals surface area contributed by atoms with E-state index in [1.54, 1.807) is 6.08 Å². The van der Waals surface area contributed by atoms with Gasteiger partial charge in [-0.25, -0.2) is 0 Å². The van der Waals surface area contributed by atoms with Gasteiger partial charge >= 0.3 is 0 Å². The van der Waals surface area contributed by atoms with Crippen LogP contribution < -0.4 is 5.32 Å². The van der Waals surface area contributed by atoms with Crippen LogP contribution in [0.5, 0.6) is 0 Å². The fourth-order valence-electron chi connectivity index (χ4n) is 8.81. The number of ether oxygens (including phenoxy) is 2. The molecular formula is C53H103NO9. The third-order valence-corrected chi connectivity index (χ3v) is 13.2. The summed E-state index contributed by atoms with van der Waals surface area (Å²) < 4.78 is 11.2. The first-order chi connectivity index (χ1) is 30.8. The van der Waals surface area contributed by atoms with Crippen molar-refractivity contribution in [2.45, 2.75) is 307 Å². The highest BCUT2D eigenvalue weighted by Crippen LogP contribution is 2.23. The van der Waals surface area contributed by atoms with Gasteiger partial charge in [0, 0.05) is 0 Å². The molecule has 0 aliphatic carbocycles. The minimum Gasteiger partial charge on any atom is -0.394 e. The average Bonchev–Trinajstić information content (AvgIpc) is 3.28. The van der Waals surface area contributed by atoms with Gasteiger partial charge in [-0.1, -0.05) is 251 Å². The fourth-order valence-corrected chi connectivity index (χ4v) is 8.81. The van der Waals surface area contributed by atoms with E-state index in [0.29, 0.717) is 6.42 Å². The Kier molecular flexibility index (Phi) is 41.3. The molecular weight excluding hydrogens is 795 g/mol. The number of amides is 1. The van der Waals surface area contributed by atoms with Crippen LogP contribution >= 0.6 is 0 Å². The van der Waals surface area contributed by atoms with Crippen molar-refractivity contribution in [3.05, 3.63) is 12.2 Å². The van der Waals surface area contributed by atoms with Crippen LogP contribution in [0.3, 0.4) is 0 Å². The standard InChI is InChI=1S/C53H103NO9/c1-3-5-7-9-11-13-15-17-19-21-22-23-24-25-26-28-30-32-34-36-38-40-42-47(57)52(61)54-45(44-62-53-51(60)50(59)49(58)48(43-55)63-53)46(56)41-39-37-35-33-31-29-27-20-18-16-14-12-10-8-6-4-2/h39,41,45-51,53,55-60H,3-38,40,42-44H2,1-2H3,(H,54,61)/b41-39+. The summed E-state index contributed by atoms with van der Waals surface area (Å²) >= 11 is 0. The Morgan fingerprint density at radius 2 is 0.905 bits per heavy atom. The van der Waals surface area contributed by atoms with Gasteiger partial charge in [0.2, 0.25) is 5.91 Å². The van der Waals surface area contributed by atoms with Gasteiger partial charge in [0.05, 0.1) is 25.4 Å². The zero-order chi connectivity index (χ0) is 46.0.